The van der Waals surface area contributed by atoms with E-state index in [1.54, 1.807) is 12.1 Å². The first kappa shape index (κ1) is 12.2. The van der Waals surface area contributed by atoms with Gasteiger partial charge in [0.25, 0.3) is 5.91 Å². The highest BCUT2D eigenvalue weighted by Crippen LogP contribution is 2.22. The molecular weight excluding hydrogens is 256 g/mol. The van der Waals surface area contributed by atoms with Gasteiger partial charge in [-0.3, -0.25) is 10.1 Å². The predicted octanol–water partition coefficient (Wildman–Crippen LogP) is 2.63. The molecule has 6 nitrogen and oxygen atoms in total. The molecule has 1 amide bonds. The van der Waals surface area contributed by atoms with E-state index in [0.29, 0.717) is 5.76 Å². The first-order valence-electron chi connectivity index (χ1n) is 6.06. The van der Waals surface area contributed by atoms with Crippen molar-refractivity contribution >= 4 is 11.9 Å². The summed E-state index contributed by atoms with van der Waals surface area (Å²) < 4.78 is 5.55. The number of H-pyrrole nitrogens is 1. The molecule has 0 aliphatic rings. The van der Waals surface area contributed by atoms with E-state index in [-0.39, 0.29) is 17.6 Å². The SMILES string of the molecule is Cc1ccc(-c2ccc(C(=O)Nc3ncn[nH]3)o2)cc1. The molecule has 2 N–H and O–H groups in total. The van der Waals surface area contributed by atoms with Crippen LogP contribution in [0.15, 0.2) is 47.1 Å². The minimum atomic E-state index is -0.375. The van der Waals surface area contributed by atoms with Gasteiger partial charge in [0, 0.05) is 5.56 Å². The standard InChI is InChI=1S/C14H12N4O2/c1-9-2-4-10(5-3-9)11-6-7-12(20-11)13(19)17-14-15-8-16-18-14/h2-8H,1H3,(H2,15,16,17,18,19). The smallest absolute Gasteiger partial charge is 0.293 e. The van der Waals surface area contributed by atoms with Gasteiger partial charge in [-0.1, -0.05) is 29.8 Å². The second kappa shape index (κ2) is 5.00. The Morgan fingerprint density at radius 1 is 1.20 bits per heavy atom. The highest BCUT2D eigenvalue weighted by Gasteiger charge is 2.13. The van der Waals surface area contributed by atoms with Crippen LogP contribution in [0.2, 0.25) is 0 Å². The third-order valence-electron chi connectivity index (χ3n) is 2.81. The zero-order valence-corrected chi connectivity index (χ0v) is 10.8. The zero-order valence-electron chi connectivity index (χ0n) is 10.8. The second-order valence-electron chi connectivity index (χ2n) is 4.32. The molecule has 0 atom stereocenters. The maximum atomic E-state index is 11.9. The molecule has 0 saturated carbocycles. The minimum Gasteiger partial charge on any atom is -0.451 e. The van der Waals surface area contributed by atoms with Crippen LogP contribution in [-0.4, -0.2) is 21.1 Å². The molecule has 0 spiro atoms. The Bertz CT molecular complexity index is 714. The molecule has 6 heteroatoms. The van der Waals surface area contributed by atoms with Crippen LogP contribution in [0.4, 0.5) is 5.95 Å². The Kier molecular flexibility index (Phi) is 3.04. The molecule has 0 aliphatic carbocycles. The normalized spacial score (nSPS) is 10.4. The molecule has 0 fully saturated rings. The van der Waals surface area contributed by atoms with E-state index in [4.69, 9.17) is 4.42 Å². The fraction of sp³-hybridized carbons (Fsp3) is 0.0714. The molecule has 20 heavy (non-hydrogen) atoms. The summed E-state index contributed by atoms with van der Waals surface area (Å²) in [5.41, 5.74) is 2.10. The van der Waals surface area contributed by atoms with E-state index in [1.807, 2.05) is 31.2 Å². The van der Waals surface area contributed by atoms with Crippen LogP contribution < -0.4 is 5.32 Å². The lowest BCUT2D eigenvalue weighted by molar-refractivity contribution is 0.0996. The van der Waals surface area contributed by atoms with Gasteiger partial charge >= 0.3 is 0 Å². The van der Waals surface area contributed by atoms with E-state index in [0.717, 1.165) is 5.56 Å². The summed E-state index contributed by atoms with van der Waals surface area (Å²) in [4.78, 5) is 15.7. The van der Waals surface area contributed by atoms with Crippen LogP contribution in [0, 0.1) is 6.92 Å². The van der Waals surface area contributed by atoms with Crippen LogP contribution in [0.1, 0.15) is 16.1 Å². The van der Waals surface area contributed by atoms with Gasteiger partial charge in [-0.25, -0.2) is 5.10 Å². The number of carbonyl (C=O) groups excluding carboxylic acids is 1. The van der Waals surface area contributed by atoms with Crippen molar-refractivity contribution in [2.24, 2.45) is 0 Å². The van der Waals surface area contributed by atoms with Gasteiger partial charge in [0.1, 0.15) is 12.1 Å². The highest BCUT2D eigenvalue weighted by molar-refractivity contribution is 6.01. The lowest BCUT2D eigenvalue weighted by Gasteiger charge is -1.99. The summed E-state index contributed by atoms with van der Waals surface area (Å²) >= 11 is 0. The number of carbonyl (C=O) groups is 1. The lowest BCUT2D eigenvalue weighted by atomic mass is 10.1. The Hall–Kier alpha value is -2.89. The second-order valence-corrected chi connectivity index (χ2v) is 4.32. The van der Waals surface area contributed by atoms with Crippen molar-refractivity contribution in [3.05, 3.63) is 54.0 Å². The van der Waals surface area contributed by atoms with Gasteiger partial charge < -0.3 is 4.42 Å². The number of aryl methyl sites for hydroxylation is 1. The van der Waals surface area contributed by atoms with E-state index in [9.17, 15) is 4.79 Å². The Labute approximate surface area is 114 Å². The Balaban J connectivity index is 1.79. The average Bonchev–Trinajstić information content (AvgIpc) is 3.10. The first-order valence-corrected chi connectivity index (χ1v) is 6.06. The highest BCUT2D eigenvalue weighted by atomic mass is 16.3. The number of hydrogen-bond acceptors (Lipinski definition) is 4. The van der Waals surface area contributed by atoms with Gasteiger partial charge in [-0.2, -0.15) is 10.1 Å². The first-order chi connectivity index (χ1) is 9.72. The molecule has 0 radical (unpaired) electrons. The van der Waals surface area contributed by atoms with Crippen molar-refractivity contribution in [2.45, 2.75) is 6.92 Å². The van der Waals surface area contributed by atoms with Crippen molar-refractivity contribution in [1.29, 1.82) is 0 Å². The van der Waals surface area contributed by atoms with E-state index < -0.39 is 0 Å². The maximum Gasteiger partial charge on any atom is 0.293 e. The summed E-state index contributed by atoms with van der Waals surface area (Å²) in [6.07, 6.45) is 1.31. The van der Waals surface area contributed by atoms with Crippen LogP contribution in [0.5, 0.6) is 0 Å². The van der Waals surface area contributed by atoms with E-state index >= 15 is 0 Å². The lowest BCUT2D eigenvalue weighted by Crippen LogP contribution is -2.11. The van der Waals surface area contributed by atoms with Crippen LogP contribution in [0.25, 0.3) is 11.3 Å². The molecular formula is C14H12N4O2. The largest absolute Gasteiger partial charge is 0.451 e. The van der Waals surface area contributed by atoms with Crippen molar-refractivity contribution in [3.63, 3.8) is 0 Å². The molecule has 0 aliphatic heterocycles. The molecule has 0 unspecified atom stereocenters. The number of aromatic nitrogens is 3. The fourth-order valence-corrected chi connectivity index (χ4v) is 1.77. The summed E-state index contributed by atoms with van der Waals surface area (Å²) in [5, 5.41) is 8.75. The molecule has 100 valence electrons. The number of rotatable bonds is 3. The van der Waals surface area contributed by atoms with Gasteiger partial charge in [0.05, 0.1) is 0 Å². The van der Waals surface area contributed by atoms with E-state index in [2.05, 4.69) is 20.5 Å². The zero-order chi connectivity index (χ0) is 13.9. The number of aromatic amines is 1. The third kappa shape index (κ3) is 2.44. The Morgan fingerprint density at radius 3 is 2.70 bits per heavy atom. The van der Waals surface area contributed by atoms with Crippen molar-refractivity contribution < 1.29 is 9.21 Å². The van der Waals surface area contributed by atoms with Gasteiger partial charge in [-0.05, 0) is 19.1 Å². The molecule has 2 aromatic heterocycles. The van der Waals surface area contributed by atoms with Gasteiger partial charge in [0.15, 0.2) is 5.76 Å². The minimum absolute atomic E-state index is 0.219. The van der Waals surface area contributed by atoms with Gasteiger partial charge in [-0.15, -0.1) is 0 Å². The van der Waals surface area contributed by atoms with Crippen molar-refractivity contribution in [3.8, 4) is 11.3 Å². The number of benzene rings is 1. The Morgan fingerprint density at radius 2 is 2.00 bits per heavy atom. The monoisotopic (exact) mass is 268 g/mol. The summed E-state index contributed by atoms with van der Waals surface area (Å²) in [5.74, 6) is 0.771. The predicted molar refractivity (Wildman–Crippen MR) is 73.2 cm³/mol. The van der Waals surface area contributed by atoms with Crippen LogP contribution >= 0.6 is 0 Å². The molecule has 3 aromatic rings. The molecule has 0 saturated heterocycles. The number of anilines is 1. The maximum absolute atomic E-state index is 11.9. The quantitative estimate of drug-likeness (QED) is 0.764. The summed E-state index contributed by atoms with van der Waals surface area (Å²) in [6.45, 7) is 2.02. The molecule has 1 aromatic carbocycles. The summed E-state index contributed by atoms with van der Waals surface area (Å²) in [6, 6.07) is 11.3. The topological polar surface area (TPSA) is 83.8 Å². The number of hydrogen-bond donors (Lipinski definition) is 2. The molecule has 2 heterocycles. The van der Waals surface area contributed by atoms with Crippen molar-refractivity contribution in [1.82, 2.24) is 15.2 Å². The van der Waals surface area contributed by atoms with E-state index in [1.165, 1.54) is 11.9 Å². The number of amides is 1. The average molecular weight is 268 g/mol. The molecule has 3 rings (SSSR count). The van der Waals surface area contributed by atoms with Crippen LogP contribution in [-0.2, 0) is 0 Å². The summed E-state index contributed by atoms with van der Waals surface area (Å²) in [7, 11) is 0. The van der Waals surface area contributed by atoms with Gasteiger partial charge in [0.2, 0.25) is 5.95 Å². The van der Waals surface area contributed by atoms with Crippen molar-refractivity contribution in [2.75, 3.05) is 5.32 Å². The number of nitrogens with zero attached hydrogens (tertiary/aromatic N) is 2. The van der Waals surface area contributed by atoms with Crippen LogP contribution in [0.3, 0.4) is 0 Å². The third-order valence-corrected chi connectivity index (χ3v) is 2.81. The molecule has 0 bridgehead atoms. The number of nitrogens with one attached hydrogen (secondary N) is 2. The fourth-order valence-electron chi connectivity index (χ4n) is 1.77. The number of furan rings is 1.